The molecule has 0 aliphatic heterocycles. The Balaban J connectivity index is 2.14. The van der Waals surface area contributed by atoms with Gasteiger partial charge >= 0.3 is 0 Å². The van der Waals surface area contributed by atoms with Crippen LogP contribution in [0, 0.1) is 6.92 Å². The first kappa shape index (κ1) is 13.1. The minimum Gasteiger partial charge on any atom is -0.496 e. The molecule has 1 aromatic carbocycles. The summed E-state index contributed by atoms with van der Waals surface area (Å²) < 4.78 is 7.51. The Hall–Kier alpha value is -1.85. The van der Waals surface area contributed by atoms with Gasteiger partial charge < -0.3 is 10.5 Å². The summed E-state index contributed by atoms with van der Waals surface area (Å²) in [6.07, 6.45) is 2.75. The van der Waals surface area contributed by atoms with Crippen LogP contribution < -0.4 is 10.5 Å². The molecule has 5 heteroatoms. The molecule has 0 amide bonds. The molecule has 0 atom stereocenters. The van der Waals surface area contributed by atoms with Crippen LogP contribution in [0.2, 0.25) is 0 Å². The van der Waals surface area contributed by atoms with Crippen LogP contribution in [0.5, 0.6) is 5.75 Å². The molecule has 4 nitrogen and oxygen atoms in total. The largest absolute Gasteiger partial charge is 0.496 e. The van der Waals surface area contributed by atoms with E-state index in [-0.39, 0.29) is 0 Å². The molecule has 0 aliphatic carbocycles. The van der Waals surface area contributed by atoms with Crippen molar-refractivity contribution in [1.29, 1.82) is 0 Å². The van der Waals surface area contributed by atoms with Crippen molar-refractivity contribution in [2.24, 2.45) is 5.73 Å². The van der Waals surface area contributed by atoms with Crippen molar-refractivity contribution in [1.82, 2.24) is 9.38 Å². The van der Waals surface area contributed by atoms with Crippen LogP contribution in [-0.4, -0.2) is 23.0 Å². The predicted octanol–water partition coefficient (Wildman–Crippen LogP) is 2.88. The molecule has 3 rings (SSSR count). The molecule has 3 aromatic rings. The second-order valence-electron chi connectivity index (χ2n) is 4.71. The topological polar surface area (TPSA) is 52.5 Å². The third-order valence-electron chi connectivity index (χ3n) is 3.41. The van der Waals surface area contributed by atoms with E-state index >= 15 is 0 Å². The number of aryl methyl sites for hydroxylation is 1. The number of fused-ring (bicyclic) bond motifs is 1. The van der Waals surface area contributed by atoms with E-state index in [4.69, 9.17) is 10.5 Å². The molecule has 104 valence electrons. The molecule has 0 saturated heterocycles. The second kappa shape index (κ2) is 5.26. The maximum atomic E-state index is 5.68. The van der Waals surface area contributed by atoms with Gasteiger partial charge in [0, 0.05) is 17.5 Å². The number of nitrogens with two attached hydrogens (primary N) is 1. The first-order valence-electron chi connectivity index (χ1n) is 6.53. The number of hydrogen-bond acceptors (Lipinski definition) is 4. The monoisotopic (exact) mass is 287 g/mol. The Kier molecular flexibility index (Phi) is 3.46. The zero-order valence-corrected chi connectivity index (χ0v) is 12.4. The molecule has 2 heterocycles. The van der Waals surface area contributed by atoms with E-state index in [2.05, 4.69) is 33.8 Å². The summed E-state index contributed by atoms with van der Waals surface area (Å²) in [5, 5.41) is 2.14. The molecule has 0 radical (unpaired) electrons. The van der Waals surface area contributed by atoms with E-state index in [9.17, 15) is 0 Å². The Morgan fingerprint density at radius 2 is 2.25 bits per heavy atom. The number of benzene rings is 1. The molecular formula is C15H17N3OS. The summed E-state index contributed by atoms with van der Waals surface area (Å²) in [6.45, 7) is 2.69. The number of aromatic nitrogens is 2. The Morgan fingerprint density at radius 3 is 2.95 bits per heavy atom. The van der Waals surface area contributed by atoms with E-state index in [1.165, 1.54) is 5.56 Å². The predicted molar refractivity (Wildman–Crippen MR) is 82.6 cm³/mol. The number of rotatable bonds is 4. The van der Waals surface area contributed by atoms with Crippen LogP contribution in [0.3, 0.4) is 0 Å². The van der Waals surface area contributed by atoms with Gasteiger partial charge in [0.25, 0.3) is 0 Å². The maximum absolute atomic E-state index is 5.68. The lowest BCUT2D eigenvalue weighted by Gasteiger charge is -2.08. The van der Waals surface area contributed by atoms with Crippen LogP contribution >= 0.6 is 11.3 Å². The van der Waals surface area contributed by atoms with Gasteiger partial charge in [-0.1, -0.05) is 0 Å². The van der Waals surface area contributed by atoms with Crippen molar-refractivity contribution in [3.8, 4) is 17.0 Å². The van der Waals surface area contributed by atoms with Gasteiger partial charge in [-0.3, -0.25) is 4.40 Å². The number of thiazole rings is 1. The average molecular weight is 287 g/mol. The van der Waals surface area contributed by atoms with Gasteiger partial charge in [-0.05, 0) is 42.8 Å². The number of nitrogens with zero attached hydrogens (tertiary/aromatic N) is 2. The molecule has 0 spiro atoms. The van der Waals surface area contributed by atoms with Crippen molar-refractivity contribution in [3.05, 3.63) is 41.0 Å². The fourth-order valence-electron chi connectivity index (χ4n) is 2.43. The fourth-order valence-corrected chi connectivity index (χ4v) is 3.32. The van der Waals surface area contributed by atoms with Gasteiger partial charge in [-0.15, -0.1) is 11.3 Å². The van der Waals surface area contributed by atoms with Crippen LogP contribution in [0.15, 0.2) is 29.8 Å². The summed E-state index contributed by atoms with van der Waals surface area (Å²) in [6, 6.07) is 6.24. The lowest BCUT2D eigenvalue weighted by Crippen LogP contribution is -2.05. The van der Waals surface area contributed by atoms with Crippen LogP contribution in [0.4, 0.5) is 0 Å². The van der Waals surface area contributed by atoms with Crippen molar-refractivity contribution in [2.45, 2.75) is 13.3 Å². The molecule has 0 saturated carbocycles. The number of methoxy groups -OCH3 is 1. The lowest BCUT2D eigenvalue weighted by molar-refractivity contribution is 0.412. The minimum atomic E-state index is 0.630. The summed E-state index contributed by atoms with van der Waals surface area (Å²) in [5.74, 6) is 0.910. The summed E-state index contributed by atoms with van der Waals surface area (Å²) >= 11 is 1.65. The summed E-state index contributed by atoms with van der Waals surface area (Å²) in [7, 11) is 1.69. The molecule has 20 heavy (non-hydrogen) atoms. The Morgan fingerprint density at radius 1 is 1.40 bits per heavy atom. The van der Waals surface area contributed by atoms with Gasteiger partial charge in [0.2, 0.25) is 0 Å². The molecule has 0 unspecified atom stereocenters. The molecule has 0 aliphatic rings. The zero-order valence-electron chi connectivity index (χ0n) is 11.6. The fraction of sp³-hybridized carbons (Fsp3) is 0.267. The van der Waals surface area contributed by atoms with Gasteiger partial charge in [-0.2, -0.15) is 0 Å². The van der Waals surface area contributed by atoms with E-state index in [1.807, 2.05) is 12.3 Å². The summed E-state index contributed by atoms with van der Waals surface area (Å²) in [4.78, 5) is 5.45. The van der Waals surface area contributed by atoms with E-state index in [0.29, 0.717) is 6.54 Å². The van der Waals surface area contributed by atoms with Crippen LogP contribution in [0.25, 0.3) is 16.2 Å². The van der Waals surface area contributed by atoms with Gasteiger partial charge in [0.15, 0.2) is 4.96 Å². The third kappa shape index (κ3) is 2.09. The highest BCUT2D eigenvalue weighted by Crippen LogP contribution is 2.30. The normalized spacial score (nSPS) is 11.2. The standard InChI is InChI=1S/C15H17N3OS/c1-10-7-11(3-4-14(10)19-2)13-9-20-15-17-8-12(5-6-16)18(13)15/h3-4,7-9H,5-6,16H2,1-2H3. The van der Waals surface area contributed by atoms with Gasteiger partial charge in [0.1, 0.15) is 5.75 Å². The maximum Gasteiger partial charge on any atom is 0.194 e. The van der Waals surface area contributed by atoms with Gasteiger partial charge in [0.05, 0.1) is 19.0 Å². The lowest BCUT2D eigenvalue weighted by atomic mass is 10.1. The quantitative estimate of drug-likeness (QED) is 0.802. The molecule has 2 aromatic heterocycles. The molecular weight excluding hydrogens is 270 g/mol. The smallest absolute Gasteiger partial charge is 0.194 e. The first-order valence-corrected chi connectivity index (χ1v) is 7.41. The Bertz CT molecular complexity index is 745. The van der Waals surface area contributed by atoms with E-state index < -0.39 is 0 Å². The van der Waals surface area contributed by atoms with Crippen molar-refractivity contribution >= 4 is 16.3 Å². The number of ether oxygens (including phenoxy) is 1. The highest BCUT2D eigenvalue weighted by atomic mass is 32.1. The molecule has 2 N–H and O–H groups in total. The molecule has 0 fully saturated rings. The molecule has 0 bridgehead atoms. The van der Waals surface area contributed by atoms with E-state index in [1.54, 1.807) is 18.4 Å². The highest BCUT2D eigenvalue weighted by Gasteiger charge is 2.12. The SMILES string of the molecule is COc1ccc(-c2csc3ncc(CCN)n23)cc1C. The average Bonchev–Trinajstić information content (AvgIpc) is 3.02. The zero-order chi connectivity index (χ0) is 14.1. The van der Waals surface area contributed by atoms with Gasteiger partial charge in [-0.25, -0.2) is 4.98 Å². The van der Waals surface area contributed by atoms with Crippen LogP contribution in [0.1, 0.15) is 11.3 Å². The number of imidazole rings is 1. The summed E-state index contributed by atoms with van der Waals surface area (Å²) in [5.41, 5.74) is 10.3. The third-order valence-corrected chi connectivity index (χ3v) is 4.25. The minimum absolute atomic E-state index is 0.630. The van der Waals surface area contributed by atoms with Crippen molar-refractivity contribution in [2.75, 3.05) is 13.7 Å². The van der Waals surface area contributed by atoms with Crippen molar-refractivity contribution in [3.63, 3.8) is 0 Å². The van der Waals surface area contributed by atoms with E-state index in [0.717, 1.165) is 34.1 Å². The highest BCUT2D eigenvalue weighted by molar-refractivity contribution is 7.15. The number of hydrogen-bond donors (Lipinski definition) is 1. The Labute approximate surface area is 121 Å². The van der Waals surface area contributed by atoms with Crippen LogP contribution in [-0.2, 0) is 6.42 Å². The van der Waals surface area contributed by atoms with Crippen molar-refractivity contribution < 1.29 is 4.74 Å². The first-order chi connectivity index (χ1) is 9.74. The second-order valence-corrected chi connectivity index (χ2v) is 5.55.